The fraction of sp³-hybridized carbons (Fsp3) is 0.455. The third-order valence-electron chi connectivity index (χ3n) is 2.11. The Morgan fingerprint density at radius 1 is 1.13 bits per heavy atom. The summed E-state index contributed by atoms with van der Waals surface area (Å²) in [7, 11) is 0. The van der Waals surface area contributed by atoms with E-state index in [1.165, 1.54) is 0 Å². The molecule has 2 amide bonds. The van der Waals surface area contributed by atoms with Crippen LogP contribution < -0.4 is 11.5 Å². The van der Waals surface area contributed by atoms with E-state index in [4.69, 9.17) is 11.5 Å². The highest BCUT2D eigenvalue weighted by Crippen LogP contribution is 2.09. The molecule has 0 aromatic carbocycles. The van der Waals surface area contributed by atoms with E-state index in [1.54, 1.807) is 26.0 Å². The molecule has 0 aliphatic heterocycles. The monoisotopic (exact) mass is 210 g/mol. The lowest BCUT2D eigenvalue weighted by molar-refractivity contribution is -0.115. The van der Waals surface area contributed by atoms with E-state index in [2.05, 4.69) is 0 Å². The van der Waals surface area contributed by atoms with Gasteiger partial charge in [-0.25, -0.2) is 0 Å². The van der Waals surface area contributed by atoms with E-state index in [9.17, 15) is 9.59 Å². The van der Waals surface area contributed by atoms with Gasteiger partial charge in [0.25, 0.3) is 0 Å². The Bertz CT molecular complexity index is 317. The van der Waals surface area contributed by atoms with Crippen LogP contribution in [-0.2, 0) is 9.59 Å². The first-order valence-electron chi connectivity index (χ1n) is 4.79. The van der Waals surface area contributed by atoms with Crippen LogP contribution in [0.3, 0.4) is 0 Å². The first kappa shape index (κ1) is 13.4. The van der Waals surface area contributed by atoms with Gasteiger partial charge >= 0.3 is 0 Å². The van der Waals surface area contributed by atoms with Crippen molar-refractivity contribution in [2.45, 2.75) is 27.2 Å². The van der Waals surface area contributed by atoms with Crippen molar-refractivity contribution in [1.29, 1.82) is 0 Å². The topological polar surface area (TPSA) is 86.2 Å². The molecule has 0 aliphatic carbocycles. The molecule has 0 aliphatic rings. The van der Waals surface area contributed by atoms with E-state index in [0.29, 0.717) is 17.6 Å². The molecule has 1 unspecified atom stereocenters. The van der Waals surface area contributed by atoms with Crippen molar-refractivity contribution < 1.29 is 9.59 Å². The predicted molar refractivity (Wildman–Crippen MR) is 59.7 cm³/mol. The molecule has 4 nitrogen and oxygen atoms in total. The van der Waals surface area contributed by atoms with E-state index in [-0.39, 0.29) is 5.92 Å². The molecule has 0 fully saturated rings. The minimum absolute atomic E-state index is 0.159. The van der Waals surface area contributed by atoms with Gasteiger partial charge in [0.2, 0.25) is 11.8 Å². The maximum Gasteiger partial charge on any atom is 0.244 e. The number of allylic oxidation sites excluding steroid dienone is 2. The number of carbonyl (C=O) groups excluding carboxylic acids is 2. The SMILES string of the molecule is C/C(=C\CC(C)/C=C(\C)C(N)=O)C(N)=O. The zero-order valence-electron chi connectivity index (χ0n) is 9.41. The van der Waals surface area contributed by atoms with Gasteiger partial charge in [-0.2, -0.15) is 0 Å². The zero-order chi connectivity index (χ0) is 12.0. The van der Waals surface area contributed by atoms with Crippen LogP contribution in [0.5, 0.6) is 0 Å². The lowest BCUT2D eigenvalue weighted by Gasteiger charge is -2.04. The standard InChI is InChI=1S/C11H18N2O2/c1-7(6-9(3)11(13)15)4-5-8(2)10(12)14/h5-7H,4H2,1-3H3,(H2,12,14)(H2,13,15)/b8-5+,9-6+. The first-order valence-corrected chi connectivity index (χ1v) is 4.79. The highest BCUT2D eigenvalue weighted by molar-refractivity contribution is 5.91. The largest absolute Gasteiger partial charge is 0.366 e. The zero-order valence-corrected chi connectivity index (χ0v) is 9.41. The van der Waals surface area contributed by atoms with Gasteiger partial charge in [-0.1, -0.05) is 19.1 Å². The molecule has 0 heterocycles. The number of hydrogen-bond acceptors (Lipinski definition) is 2. The van der Waals surface area contributed by atoms with Crippen molar-refractivity contribution in [2.75, 3.05) is 0 Å². The molecule has 0 spiro atoms. The summed E-state index contributed by atoms with van der Waals surface area (Å²) in [4.78, 5) is 21.5. The Balaban J connectivity index is 4.34. The highest BCUT2D eigenvalue weighted by atomic mass is 16.1. The van der Waals surface area contributed by atoms with Gasteiger partial charge in [-0.15, -0.1) is 0 Å². The normalized spacial score (nSPS) is 14.9. The molecule has 0 bridgehead atoms. The lowest BCUT2D eigenvalue weighted by atomic mass is 10.0. The summed E-state index contributed by atoms with van der Waals surface area (Å²) in [5.41, 5.74) is 11.2. The number of carbonyl (C=O) groups is 2. The number of rotatable bonds is 5. The summed E-state index contributed by atoms with van der Waals surface area (Å²) in [6.07, 6.45) is 4.21. The van der Waals surface area contributed by atoms with Crippen LogP contribution in [0.15, 0.2) is 23.3 Å². The van der Waals surface area contributed by atoms with E-state index < -0.39 is 11.8 Å². The van der Waals surface area contributed by atoms with Crippen molar-refractivity contribution in [3.05, 3.63) is 23.3 Å². The Morgan fingerprint density at radius 3 is 2.00 bits per heavy atom. The quantitative estimate of drug-likeness (QED) is 0.660. The van der Waals surface area contributed by atoms with Crippen LogP contribution >= 0.6 is 0 Å². The summed E-state index contributed by atoms with van der Waals surface area (Å²) in [5.74, 6) is -0.679. The minimum atomic E-state index is -0.419. The van der Waals surface area contributed by atoms with Gasteiger partial charge in [0.15, 0.2) is 0 Å². The van der Waals surface area contributed by atoms with Crippen LogP contribution in [-0.4, -0.2) is 11.8 Å². The summed E-state index contributed by atoms with van der Waals surface area (Å²) in [6, 6.07) is 0. The van der Waals surface area contributed by atoms with Crippen LogP contribution in [0.1, 0.15) is 27.2 Å². The maximum atomic E-state index is 10.7. The summed E-state index contributed by atoms with van der Waals surface area (Å²) in [5, 5.41) is 0. The molecular formula is C11H18N2O2. The molecular weight excluding hydrogens is 192 g/mol. The fourth-order valence-electron chi connectivity index (χ4n) is 1.04. The van der Waals surface area contributed by atoms with Crippen molar-refractivity contribution in [1.82, 2.24) is 0 Å². The first-order chi connectivity index (χ1) is 6.84. The highest BCUT2D eigenvalue weighted by Gasteiger charge is 2.02. The smallest absolute Gasteiger partial charge is 0.244 e. The van der Waals surface area contributed by atoms with Crippen LogP contribution in [0.4, 0.5) is 0 Å². The minimum Gasteiger partial charge on any atom is -0.366 e. The van der Waals surface area contributed by atoms with E-state index in [0.717, 1.165) is 0 Å². The number of nitrogens with two attached hydrogens (primary N) is 2. The lowest BCUT2D eigenvalue weighted by Crippen LogP contribution is -2.13. The Labute approximate surface area is 90.0 Å². The molecule has 0 saturated heterocycles. The molecule has 1 atom stereocenters. The third kappa shape index (κ3) is 5.67. The Hall–Kier alpha value is -1.58. The average molecular weight is 210 g/mol. The van der Waals surface area contributed by atoms with Crippen molar-refractivity contribution in [3.63, 3.8) is 0 Å². The van der Waals surface area contributed by atoms with Gasteiger partial charge in [-0.3, -0.25) is 9.59 Å². The average Bonchev–Trinajstić information content (AvgIpc) is 2.13. The van der Waals surface area contributed by atoms with E-state index in [1.807, 2.05) is 6.92 Å². The molecule has 4 N–H and O–H groups in total. The second-order valence-electron chi connectivity index (χ2n) is 3.68. The Kier molecular flexibility index (Phi) is 5.37. The molecule has 0 radical (unpaired) electrons. The van der Waals surface area contributed by atoms with Crippen LogP contribution in [0.2, 0.25) is 0 Å². The molecule has 0 rings (SSSR count). The number of primary amides is 2. The van der Waals surface area contributed by atoms with Crippen molar-refractivity contribution in [2.24, 2.45) is 17.4 Å². The van der Waals surface area contributed by atoms with E-state index >= 15 is 0 Å². The molecule has 15 heavy (non-hydrogen) atoms. The molecule has 0 saturated carbocycles. The Morgan fingerprint density at radius 2 is 1.60 bits per heavy atom. The van der Waals surface area contributed by atoms with Gasteiger partial charge in [0.1, 0.15) is 0 Å². The second kappa shape index (κ2) is 6.01. The van der Waals surface area contributed by atoms with Gasteiger partial charge in [0, 0.05) is 11.1 Å². The van der Waals surface area contributed by atoms with Crippen molar-refractivity contribution in [3.8, 4) is 0 Å². The van der Waals surface area contributed by atoms with Gasteiger partial charge in [0.05, 0.1) is 0 Å². The van der Waals surface area contributed by atoms with Gasteiger partial charge in [-0.05, 0) is 26.2 Å². The third-order valence-corrected chi connectivity index (χ3v) is 2.11. The maximum absolute atomic E-state index is 10.7. The molecule has 4 heteroatoms. The number of amides is 2. The van der Waals surface area contributed by atoms with Crippen LogP contribution in [0.25, 0.3) is 0 Å². The molecule has 0 aromatic heterocycles. The number of hydrogen-bond donors (Lipinski definition) is 2. The summed E-state index contributed by atoms with van der Waals surface area (Å²) >= 11 is 0. The van der Waals surface area contributed by atoms with Gasteiger partial charge < -0.3 is 11.5 Å². The molecule has 0 aromatic rings. The predicted octanol–water partition coefficient (Wildman–Crippen LogP) is 0.876. The second-order valence-corrected chi connectivity index (χ2v) is 3.68. The van der Waals surface area contributed by atoms with Crippen LogP contribution in [0, 0.1) is 5.92 Å². The summed E-state index contributed by atoms with van der Waals surface area (Å²) in [6.45, 7) is 5.28. The summed E-state index contributed by atoms with van der Waals surface area (Å²) < 4.78 is 0. The van der Waals surface area contributed by atoms with Crippen molar-refractivity contribution >= 4 is 11.8 Å². The molecule has 84 valence electrons. The fourth-order valence-corrected chi connectivity index (χ4v) is 1.04.